The number of amides is 1. The lowest BCUT2D eigenvalue weighted by molar-refractivity contribution is 0.0951. The summed E-state index contributed by atoms with van der Waals surface area (Å²) >= 11 is 3.40. The van der Waals surface area contributed by atoms with Gasteiger partial charge in [0.05, 0.1) is 5.56 Å². The van der Waals surface area contributed by atoms with Crippen LogP contribution in [0.2, 0.25) is 0 Å². The van der Waals surface area contributed by atoms with Gasteiger partial charge < -0.3 is 11.1 Å². The largest absolute Gasteiger partial charge is 0.350 e. The molecule has 0 saturated carbocycles. The van der Waals surface area contributed by atoms with Crippen molar-refractivity contribution in [2.75, 3.05) is 6.54 Å². The first-order valence-electron chi connectivity index (χ1n) is 4.81. The van der Waals surface area contributed by atoms with E-state index in [0.717, 1.165) is 10.0 Å². The fourth-order valence-corrected chi connectivity index (χ4v) is 1.62. The Hall–Kier alpha value is -0.870. The van der Waals surface area contributed by atoms with Gasteiger partial charge in [-0.15, -0.1) is 0 Å². The number of nitrogens with two attached hydrogens (primary N) is 1. The second kappa shape index (κ2) is 5.28. The average Bonchev–Trinajstić information content (AvgIpc) is 2.18. The highest BCUT2D eigenvalue weighted by Crippen LogP contribution is 2.20. The van der Waals surface area contributed by atoms with Gasteiger partial charge in [-0.05, 0) is 41.4 Å². The van der Waals surface area contributed by atoms with Gasteiger partial charge in [0.1, 0.15) is 0 Å². The van der Waals surface area contributed by atoms with Crippen molar-refractivity contribution < 1.29 is 4.79 Å². The molecule has 0 saturated heterocycles. The molecule has 4 heteroatoms. The van der Waals surface area contributed by atoms with Gasteiger partial charge >= 0.3 is 0 Å². The maximum absolute atomic E-state index is 11.7. The van der Waals surface area contributed by atoms with E-state index in [0.29, 0.717) is 12.1 Å². The van der Waals surface area contributed by atoms with Crippen LogP contribution in [0, 0.1) is 6.92 Å². The lowest BCUT2D eigenvalue weighted by Gasteiger charge is -2.09. The number of benzene rings is 1. The van der Waals surface area contributed by atoms with Gasteiger partial charge in [0.25, 0.3) is 5.91 Å². The van der Waals surface area contributed by atoms with Crippen LogP contribution in [0.5, 0.6) is 0 Å². The first-order chi connectivity index (χ1) is 7.02. The van der Waals surface area contributed by atoms with E-state index >= 15 is 0 Å². The van der Waals surface area contributed by atoms with Crippen molar-refractivity contribution in [3.8, 4) is 0 Å². The summed E-state index contributed by atoms with van der Waals surface area (Å²) in [6, 6.07) is 5.57. The van der Waals surface area contributed by atoms with Gasteiger partial charge in [0, 0.05) is 17.1 Å². The highest BCUT2D eigenvalue weighted by atomic mass is 79.9. The standard InChI is InChI=1S/C11H15BrN2O/c1-7-4-3-5-9(10(7)12)11(15)14-6-8(2)13/h3-5,8H,6,13H2,1-2H3,(H,14,15). The summed E-state index contributed by atoms with van der Waals surface area (Å²) in [5.41, 5.74) is 7.25. The summed E-state index contributed by atoms with van der Waals surface area (Å²) in [5.74, 6) is -0.0946. The summed E-state index contributed by atoms with van der Waals surface area (Å²) in [4.78, 5) is 11.7. The van der Waals surface area contributed by atoms with Crippen LogP contribution in [-0.4, -0.2) is 18.5 Å². The predicted octanol–water partition coefficient (Wildman–Crippen LogP) is 1.83. The van der Waals surface area contributed by atoms with E-state index in [2.05, 4.69) is 21.2 Å². The zero-order valence-electron chi connectivity index (χ0n) is 8.88. The molecule has 1 aromatic rings. The van der Waals surface area contributed by atoms with Crippen LogP contribution in [0.15, 0.2) is 22.7 Å². The van der Waals surface area contributed by atoms with E-state index < -0.39 is 0 Å². The molecule has 0 spiro atoms. The van der Waals surface area contributed by atoms with Crippen LogP contribution < -0.4 is 11.1 Å². The molecular formula is C11H15BrN2O. The van der Waals surface area contributed by atoms with E-state index in [1.807, 2.05) is 26.0 Å². The first-order valence-corrected chi connectivity index (χ1v) is 5.60. The van der Waals surface area contributed by atoms with Crippen molar-refractivity contribution >= 4 is 21.8 Å². The summed E-state index contributed by atoms with van der Waals surface area (Å²) in [5, 5.41) is 2.77. The molecular weight excluding hydrogens is 256 g/mol. The minimum absolute atomic E-state index is 0.0301. The fraction of sp³-hybridized carbons (Fsp3) is 0.364. The molecule has 0 aliphatic rings. The van der Waals surface area contributed by atoms with E-state index in [9.17, 15) is 4.79 Å². The molecule has 82 valence electrons. The predicted molar refractivity (Wildman–Crippen MR) is 64.9 cm³/mol. The van der Waals surface area contributed by atoms with Gasteiger partial charge in [0.15, 0.2) is 0 Å². The Labute approximate surface area is 98.2 Å². The molecule has 3 nitrogen and oxygen atoms in total. The quantitative estimate of drug-likeness (QED) is 0.881. The Kier molecular flexibility index (Phi) is 4.29. The molecule has 15 heavy (non-hydrogen) atoms. The third-order valence-corrected chi connectivity index (χ3v) is 3.07. The minimum Gasteiger partial charge on any atom is -0.350 e. The normalized spacial score (nSPS) is 12.3. The van der Waals surface area contributed by atoms with Crippen molar-refractivity contribution in [2.24, 2.45) is 5.73 Å². The number of halogens is 1. The maximum atomic E-state index is 11.7. The topological polar surface area (TPSA) is 55.1 Å². The van der Waals surface area contributed by atoms with E-state index in [1.165, 1.54) is 0 Å². The Morgan fingerprint density at radius 1 is 1.60 bits per heavy atom. The number of hydrogen-bond donors (Lipinski definition) is 2. The van der Waals surface area contributed by atoms with Crippen LogP contribution in [0.1, 0.15) is 22.8 Å². The monoisotopic (exact) mass is 270 g/mol. The van der Waals surface area contributed by atoms with E-state index in [-0.39, 0.29) is 11.9 Å². The van der Waals surface area contributed by atoms with Gasteiger partial charge in [-0.1, -0.05) is 12.1 Å². The van der Waals surface area contributed by atoms with Gasteiger partial charge in [-0.3, -0.25) is 4.79 Å². The van der Waals surface area contributed by atoms with Crippen molar-refractivity contribution in [1.82, 2.24) is 5.32 Å². The van der Waals surface area contributed by atoms with Crippen LogP contribution in [0.4, 0.5) is 0 Å². The molecule has 1 unspecified atom stereocenters. The van der Waals surface area contributed by atoms with E-state index in [1.54, 1.807) is 6.07 Å². The molecule has 0 heterocycles. The van der Waals surface area contributed by atoms with Crippen molar-refractivity contribution in [2.45, 2.75) is 19.9 Å². The molecule has 3 N–H and O–H groups in total. The molecule has 1 atom stereocenters. The Morgan fingerprint density at radius 2 is 2.27 bits per heavy atom. The molecule has 0 aromatic heterocycles. The first kappa shape index (κ1) is 12.2. The van der Waals surface area contributed by atoms with Crippen LogP contribution in [0.3, 0.4) is 0 Å². The molecule has 0 aliphatic carbocycles. The third kappa shape index (κ3) is 3.32. The number of rotatable bonds is 3. The van der Waals surface area contributed by atoms with Gasteiger partial charge in [-0.2, -0.15) is 0 Å². The second-order valence-electron chi connectivity index (χ2n) is 3.62. The number of carbonyl (C=O) groups excluding carboxylic acids is 1. The number of aryl methyl sites for hydroxylation is 1. The summed E-state index contributed by atoms with van der Waals surface area (Å²) in [7, 11) is 0. The summed E-state index contributed by atoms with van der Waals surface area (Å²) in [6.07, 6.45) is 0. The fourth-order valence-electron chi connectivity index (χ4n) is 1.17. The molecule has 0 radical (unpaired) electrons. The molecule has 1 rings (SSSR count). The van der Waals surface area contributed by atoms with Crippen molar-refractivity contribution in [1.29, 1.82) is 0 Å². The average molecular weight is 271 g/mol. The molecule has 0 fully saturated rings. The SMILES string of the molecule is Cc1cccc(C(=O)NCC(C)N)c1Br. The maximum Gasteiger partial charge on any atom is 0.252 e. The highest BCUT2D eigenvalue weighted by molar-refractivity contribution is 9.10. The second-order valence-corrected chi connectivity index (χ2v) is 4.42. The smallest absolute Gasteiger partial charge is 0.252 e. The minimum atomic E-state index is -0.0946. The van der Waals surface area contributed by atoms with Gasteiger partial charge in [-0.25, -0.2) is 0 Å². The Bertz CT molecular complexity index is 364. The summed E-state index contributed by atoms with van der Waals surface area (Å²) < 4.78 is 0.840. The van der Waals surface area contributed by atoms with Gasteiger partial charge in [0.2, 0.25) is 0 Å². The molecule has 1 aromatic carbocycles. The highest BCUT2D eigenvalue weighted by Gasteiger charge is 2.10. The van der Waals surface area contributed by atoms with Crippen molar-refractivity contribution in [3.05, 3.63) is 33.8 Å². The lowest BCUT2D eigenvalue weighted by atomic mass is 10.1. The van der Waals surface area contributed by atoms with Crippen LogP contribution in [0.25, 0.3) is 0 Å². The Morgan fingerprint density at radius 3 is 2.87 bits per heavy atom. The lowest BCUT2D eigenvalue weighted by Crippen LogP contribution is -2.35. The summed E-state index contributed by atoms with van der Waals surface area (Å²) in [6.45, 7) is 4.29. The molecule has 1 amide bonds. The molecule has 0 bridgehead atoms. The van der Waals surface area contributed by atoms with Crippen molar-refractivity contribution in [3.63, 3.8) is 0 Å². The zero-order valence-corrected chi connectivity index (χ0v) is 10.5. The number of hydrogen-bond acceptors (Lipinski definition) is 2. The zero-order chi connectivity index (χ0) is 11.4. The van der Waals surface area contributed by atoms with Crippen LogP contribution >= 0.6 is 15.9 Å². The van der Waals surface area contributed by atoms with E-state index in [4.69, 9.17) is 5.73 Å². The Balaban J connectivity index is 2.78. The number of nitrogens with one attached hydrogen (secondary N) is 1. The van der Waals surface area contributed by atoms with Crippen LogP contribution in [-0.2, 0) is 0 Å². The molecule has 0 aliphatic heterocycles. The number of carbonyl (C=O) groups is 1. The third-order valence-electron chi connectivity index (χ3n) is 2.02.